The normalized spacial score (nSPS) is 12.2. The van der Waals surface area contributed by atoms with E-state index < -0.39 is 0 Å². The fraction of sp³-hybridized carbons (Fsp3) is 0. The van der Waals surface area contributed by atoms with Gasteiger partial charge in [0.25, 0.3) is 0 Å². The lowest BCUT2D eigenvalue weighted by molar-refractivity contribution is 0.650. The molecule has 0 bridgehead atoms. The summed E-state index contributed by atoms with van der Waals surface area (Å²) in [7, 11) is 0. The molecule has 10 aromatic rings. The number of hydrogen-bond acceptors (Lipinski definition) is 4. The molecule has 6 heteroatoms. The number of para-hydroxylation sites is 5. The molecular formula is C37H21N5O. The maximum atomic E-state index is 6.62. The summed E-state index contributed by atoms with van der Waals surface area (Å²) in [6, 6.07) is 43.5. The van der Waals surface area contributed by atoms with E-state index in [-0.39, 0.29) is 0 Å². The zero-order chi connectivity index (χ0) is 28.1. The number of aromatic nitrogens is 5. The Morgan fingerprint density at radius 3 is 2.05 bits per heavy atom. The molecule has 0 atom stereocenters. The predicted molar refractivity (Wildman–Crippen MR) is 173 cm³/mol. The third kappa shape index (κ3) is 2.99. The second kappa shape index (κ2) is 8.27. The summed E-state index contributed by atoms with van der Waals surface area (Å²) in [6.45, 7) is 0. The van der Waals surface area contributed by atoms with E-state index in [4.69, 9.17) is 19.4 Å². The molecule has 43 heavy (non-hydrogen) atoms. The Morgan fingerprint density at radius 1 is 0.512 bits per heavy atom. The Morgan fingerprint density at radius 2 is 1.19 bits per heavy atom. The van der Waals surface area contributed by atoms with Crippen molar-refractivity contribution < 1.29 is 4.42 Å². The number of benzene rings is 5. The van der Waals surface area contributed by atoms with Crippen LogP contribution in [0.2, 0.25) is 0 Å². The van der Waals surface area contributed by atoms with Crippen LogP contribution in [0.25, 0.3) is 88.7 Å². The van der Waals surface area contributed by atoms with Crippen LogP contribution < -0.4 is 0 Å². The molecular weight excluding hydrogens is 530 g/mol. The fourth-order valence-electron chi connectivity index (χ4n) is 6.71. The van der Waals surface area contributed by atoms with Crippen LogP contribution in [-0.2, 0) is 0 Å². The van der Waals surface area contributed by atoms with E-state index in [2.05, 4.69) is 81.8 Å². The van der Waals surface area contributed by atoms with E-state index in [9.17, 15) is 0 Å². The SMILES string of the molecule is c1ccc(-c2nc(-n3c4ccccc4c4c5c6ccccc6oc5n5c6ccccc6nc5c43)nc3ccccc23)cc1. The van der Waals surface area contributed by atoms with Crippen molar-refractivity contribution >= 4 is 71.5 Å². The number of furan rings is 1. The van der Waals surface area contributed by atoms with Crippen LogP contribution in [0.15, 0.2) is 132 Å². The quantitative estimate of drug-likeness (QED) is 0.215. The van der Waals surface area contributed by atoms with Gasteiger partial charge in [-0.25, -0.2) is 15.0 Å². The highest BCUT2D eigenvalue weighted by Gasteiger charge is 2.26. The summed E-state index contributed by atoms with van der Waals surface area (Å²) in [5.74, 6) is 0.602. The van der Waals surface area contributed by atoms with Crippen molar-refractivity contribution in [1.82, 2.24) is 23.9 Å². The second-order valence-corrected chi connectivity index (χ2v) is 10.9. The monoisotopic (exact) mass is 551 g/mol. The molecule has 5 aromatic heterocycles. The standard InChI is InChI=1S/C37H21N5O/c1-2-12-22(13-3-1)33-23-14-4-7-17-26(23)39-37(40-33)41-28-19-9-5-15-24(28)31-32-25-16-6-11-21-30(25)43-36(32)42-29-20-10-8-18-27(29)38-35(42)34(31)41/h1-21H. The van der Waals surface area contributed by atoms with Crippen molar-refractivity contribution in [1.29, 1.82) is 0 Å². The van der Waals surface area contributed by atoms with E-state index in [0.29, 0.717) is 5.95 Å². The molecule has 6 nitrogen and oxygen atoms in total. The number of hydrogen-bond donors (Lipinski definition) is 0. The van der Waals surface area contributed by atoms with E-state index in [1.165, 1.54) is 0 Å². The Bertz CT molecular complexity index is 2730. The Kier molecular flexibility index (Phi) is 4.36. The minimum atomic E-state index is 0.602. The van der Waals surface area contributed by atoms with Crippen molar-refractivity contribution in [2.24, 2.45) is 0 Å². The van der Waals surface area contributed by atoms with Crippen molar-refractivity contribution in [2.75, 3.05) is 0 Å². The highest BCUT2D eigenvalue weighted by molar-refractivity contribution is 6.30. The first-order chi connectivity index (χ1) is 21.3. The number of imidazole rings is 1. The average molecular weight is 552 g/mol. The van der Waals surface area contributed by atoms with Crippen LogP contribution in [0.4, 0.5) is 0 Å². The van der Waals surface area contributed by atoms with E-state index >= 15 is 0 Å². The first-order valence-corrected chi connectivity index (χ1v) is 14.3. The van der Waals surface area contributed by atoms with Crippen LogP contribution in [0.1, 0.15) is 0 Å². The third-order valence-corrected chi connectivity index (χ3v) is 8.52. The fourth-order valence-corrected chi connectivity index (χ4v) is 6.71. The summed E-state index contributed by atoms with van der Waals surface area (Å²) in [4.78, 5) is 15.7. The zero-order valence-electron chi connectivity index (χ0n) is 22.8. The van der Waals surface area contributed by atoms with E-state index in [1.807, 2.05) is 54.6 Å². The maximum absolute atomic E-state index is 6.62. The molecule has 0 radical (unpaired) electrons. The number of fused-ring (bicyclic) bond motifs is 13. The lowest BCUT2D eigenvalue weighted by atomic mass is 10.1. The van der Waals surface area contributed by atoms with Gasteiger partial charge in [0.1, 0.15) is 11.1 Å². The van der Waals surface area contributed by atoms with Crippen molar-refractivity contribution in [3.8, 4) is 17.2 Å². The Labute approximate surface area is 244 Å². The molecule has 0 spiro atoms. The van der Waals surface area contributed by atoms with E-state index in [1.54, 1.807) is 0 Å². The molecule has 0 saturated heterocycles. The number of pyridine rings is 1. The molecule has 0 unspecified atom stereocenters. The molecule has 200 valence electrons. The molecule has 0 fully saturated rings. The van der Waals surface area contributed by atoms with Gasteiger partial charge in [-0.15, -0.1) is 0 Å². The maximum Gasteiger partial charge on any atom is 0.235 e. The van der Waals surface area contributed by atoms with Crippen LogP contribution in [-0.4, -0.2) is 23.9 Å². The summed E-state index contributed by atoms with van der Waals surface area (Å²) in [5.41, 5.74) is 9.11. The summed E-state index contributed by atoms with van der Waals surface area (Å²) < 4.78 is 11.0. The van der Waals surface area contributed by atoms with Gasteiger partial charge in [-0.05, 0) is 30.3 Å². The first kappa shape index (κ1) is 22.7. The van der Waals surface area contributed by atoms with Crippen molar-refractivity contribution in [2.45, 2.75) is 0 Å². The lowest BCUT2D eigenvalue weighted by Gasteiger charge is -2.12. The van der Waals surface area contributed by atoms with Crippen LogP contribution >= 0.6 is 0 Å². The van der Waals surface area contributed by atoms with Crippen molar-refractivity contribution in [3.05, 3.63) is 127 Å². The van der Waals surface area contributed by atoms with Crippen LogP contribution in [0.3, 0.4) is 0 Å². The average Bonchev–Trinajstić information content (AvgIpc) is 3.74. The van der Waals surface area contributed by atoms with Crippen LogP contribution in [0.5, 0.6) is 0 Å². The van der Waals surface area contributed by atoms with E-state index in [0.717, 1.165) is 82.7 Å². The smallest absolute Gasteiger partial charge is 0.235 e. The molecule has 10 rings (SSSR count). The van der Waals surface area contributed by atoms with Crippen LogP contribution in [0, 0.1) is 0 Å². The topological polar surface area (TPSA) is 61.2 Å². The largest absolute Gasteiger partial charge is 0.439 e. The van der Waals surface area contributed by atoms with Gasteiger partial charge in [0.15, 0.2) is 5.65 Å². The van der Waals surface area contributed by atoms with Gasteiger partial charge in [-0.2, -0.15) is 0 Å². The number of nitrogens with zero attached hydrogens (tertiary/aromatic N) is 5. The molecule has 0 aliphatic rings. The lowest BCUT2D eigenvalue weighted by Crippen LogP contribution is -2.04. The van der Waals surface area contributed by atoms with Crippen molar-refractivity contribution in [3.63, 3.8) is 0 Å². The third-order valence-electron chi connectivity index (χ3n) is 8.52. The Balaban J connectivity index is 1.48. The highest BCUT2D eigenvalue weighted by atomic mass is 16.3. The molecule has 0 N–H and O–H groups in total. The summed E-state index contributed by atoms with van der Waals surface area (Å²) in [6.07, 6.45) is 0. The number of rotatable bonds is 2. The predicted octanol–water partition coefficient (Wildman–Crippen LogP) is 9.09. The zero-order valence-corrected chi connectivity index (χ0v) is 22.8. The van der Waals surface area contributed by atoms with Gasteiger partial charge in [-0.3, -0.25) is 8.97 Å². The summed E-state index contributed by atoms with van der Waals surface area (Å²) in [5, 5.41) is 5.31. The van der Waals surface area contributed by atoms with Gasteiger partial charge in [0.2, 0.25) is 11.7 Å². The van der Waals surface area contributed by atoms with Gasteiger partial charge >= 0.3 is 0 Å². The van der Waals surface area contributed by atoms with Gasteiger partial charge < -0.3 is 4.42 Å². The van der Waals surface area contributed by atoms with Gasteiger partial charge in [-0.1, -0.05) is 97.1 Å². The molecule has 0 amide bonds. The molecule has 5 heterocycles. The molecule has 0 aliphatic heterocycles. The summed E-state index contributed by atoms with van der Waals surface area (Å²) >= 11 is 0. The Hall–Kier alpha value is -6.01. The highest BCUT2D eigenvalue weighted by Crippen LogP contribution is 2.44. The minimum absolute atomic E-state index is 0.602. The van der Waals surface area contributed by atoms with Gasteiger partial charge in [0.05, 0.1) is 33.1 Å². The minimum Gasteiger partial charge on any atom is -0.439 e. The molecule has 0 aliphatic carbocycles. The molecule has 0 saturated carbocycles. The molecule has 5 aromatic carbocycles. The van der Waals surface area contributed by atoms with Gasteiger partial charge in [0, 0.05) is 27.1 Å². The second-order valence-electron chi connectivity index (χ2n) is 10.9. The first-order valence-electron chi connectivity index (χ1n) is 14.3.